The number of hydrogen-bond donors (Lipinski definition) is 0. The highest BCUT2D eigenvalue weighted by Crippen LogP contribution is 2.29. The van der Waals surface area contributed by atoms with Gasteiger partial charge in [0, 0.05) is 13.1 Å². The number of piperidine rings is 1. The van der Waals surface area contributed by atoms with Gasteiger partial charge >= 0.3 is 6.18 Å². The lowest BCUT2D eigenvalue weighted by Gasteiger charge is -2.28. The van der Waals surface area contributed by atoms with Crippen LogP contribution in [0.1, 0.15) is 25.0 Å². The van der Waals surface area contributed by atoms with Crippen molar-refractivity contribution in [3.05, 3.63) is 23.9 Å². The van der Waals surface area contributed by atoms with Gasteiger partial charge in [-0.3, -0.25) is 0 Å². The molecule has 0 aromatic carbocycles. The van der Waals surface area contributed by atoms with Crippen molar-refractivity contribution in [1.29, 1.82) is 0 Å². The standard InChI is InChI=1S/C11H13F3N2/c12-11(13,14)9-5-4-6-10(15-9)16-7-2-1-3-8-16/h4-6H,1-3,7-8H2. The second kappa shape index (κ2) is 4.31. The molecular formula is C11H13F3N2. The van der Waals surface area contributed by atoms with Gasteiger partial charge in [-0.05, 0) is 31.4 Å². The normalized spacial score (nSPS) is 17.6. The van der Waals surface area contributed by atoms with Crippen LogP contribution in [0.3, 0.4) is 0 Å². The second-order valence-corrected chi connectivity index (χ2v) is 3.93. The van der Waals surface area contributed by atoms with Crippen molar-refractivity contribution in [2.24, 2.45) is 0 Å². The van der Waals surface area contributed by atoms with Crippen LogP contribution in [0.15, 0.2) is 18.2 Å². The van der Waals surface area contributed by atoms with Gasteiger partial charge in [-0.25, -0.2) is 4.98 Å². The molecule has 0 amide bonds. The Hall–Kier alpha value is -1.26. The van der Waals surface area contributed by atoms with E-state index in [-0.39, 0.29) is 0 Å². The Bertz CT molecular complexity index is 356. The van der Waals surface area contributed by atoms with Crippen molar-refractivity contribution in [3.8, 4) is 0 Å². The maximum Gasteiger partial charge on any atom is 0.433 e. The van der Waals surface area contributed by atoms with E-state index in [0.29, 0.717) is 5.82 Å². The first-order valence-electron chi connectivity index (χ1n) is 5.36. The van der Waals surface area contributed by atoms with Crippen LogP contribution in [-0.2, 0) is 6.18 Å². The number of aromatic nitrogens is 1. The minimum Gasteiger partial charge on any atom is -0.357 e. The molecule has 5 heteroatoms. The Balaban J connectivity index is 2.21. The molecule has 0 N–H and O–H groups in total. The summed E-state index contributed by atoms with van der Waals surface area (Å²) in [6.07, 6.45) is -1.16. The number of hydrogen-bond acceptors (Lipinski definition) is 2. The fourth-order valence-electron chi connectivity index (χ4n) is 1.88. The van der Waals surface area contributed by atoms with Crippen molar-refractivity contribution in [2.75, 3.05) is 18.0 Å². The maximum absolute atomic E-state index is 12.5. The molecule has 1 aromatic rings. The van der Waals surface area contributed by atoms with E-state index in [2.05, 4.69) is 4.98 Å². The largest absolute Gasteiger partial charge is 0.433 e. The molecular weight excluding hydrogens is 217 g/mol. The topological polar surface area (TPSA) is 16.1 Å². The summed E-state index contributed by atoms with van der Waals surface area (Å²) in [6, 6.07) is 4.06. The summed E-state index contributed by atoms with van der Waals surface area (Å²) < 4.78 is 37.4. The van der Waals surface area contributed by atoms with Crippen molar-refractivity contribution in [2.45, 2.75) is 25.4 Å². The minimum absolute atomic E-state index is 0.439. The zero-order chi connectivity index (χ0) is 11.6. The highest BCUT2D eigenvalue weighted by atomic mass is 19.4. The van der Waals surface area contributed by atoms with Crippen LogP contribution in [0.4, 0.5) is 19.0 Å². The summed E-state index contributed by atoms with van der Waals surface area (Å²) in [5.41, 5.74) is -0.810. The van der Waals surface area contributed by atoms with Gasteiger partial charge < -0.3 is 4.90 Å². The van der Waals surface area contributed by atoms with Crippen LogP contribution < -0.4 is 4.90 Å². The van der Waals surface area contributed by atoms with Gasteiger partial charge in [-0.15, -0.1) is 0 Å². The number of halogens is 3. The molecule has 0 aliphatic carbocycles. The molecule has 0 unspecified atom stereocenters. The first-order chi connectivity index (χ1) is 7.57. The Labute approximate surface area is 92.1 Å². The third-order valence-corrected chi connectivity index (χ3v) is 2.70. The van der Waals surface area contributed by atoms with Crippen molar-refractivity contribution >= 4 is 5.82 Å². The van der Waals surface area contributed by atoms with Gasteiger partial charge in [0.2, 0.25) is 0 Å². The van der Waals surface area contributed by atoms with Crippen molar-refractivity contribution < 1.29 is 13.2 Å². The zero-order valence-electron chi connectivity index (χ0n) is 8.80. The Kier molecular flexibility index (Phi) is 3.03. The number of anilines is 1. The van der Waals surface area contributed by atoms with Crippen molar-refractivity contribution in [1.82, 2.24) is 4.98 Å². The maximum atomic E-state index is 12.5. The number of pyridine rings is 1. The van der Waals surface area contributed by atoms with Crippen LogP contribution in [0.25, 0.3) is 0 Å². The molecule has 2 nitrogen and oxygen atoms in total. The van der Waals surface area contributed by atoms with E-state index in [1.165, 1.54) is 6.07 Å². The molecule has 1 fully saturated rings. The van der Waals surface area contributed by atoms with Gasteiger partial charge in [0.1, 0.15) is 11.5 Å². The molecule has 1 saturated heterocycles. The van der Waals surface area contributed by atoms with Crippen molar-refractivity contribution in [3.63, 3.8) is 0 Å². The highest BCUT2D eigenvalue weighted by Gasteiger charge is 2.32. The van der Waals surface area contributed by atoms with E-state index in [1.807, 2.05) is 4.90 Å². The smallest absolute Gasteiger partial charge is 0.357 e. The fourth-order valence-corrected chi connectivity index (χ4v) is 1.88. The molecule has 1 aliphatic rings. The number of alkyl halides is 3. The van der Waals surface area contributed by atoms with E-state index >= 15 is 0 Å². The van der Waals surface area contributed by atoms with Gasteiger partial charge in [0.15, 0.2) is 0 Å². The average Bonchev–Trinajstić information content (AvgIpc) is 2.29. The molecule has 0 bridgehead atoms. The average molecular weight is 230 g/mol. The first kappa shape index (κ1) is 11.2. The third-order valence-electron chi connectivity index (χ3n) is 2.70. The molecule has 88 valence electrons. The van der Waals surface area contributed by atoms with Crippen LogP contribution in [-0.4, -0.2) is 18.1 Å². The molecule has 0 spiro atoms. The van der Waals surface area contributed by atoms with E-state index in [9.17, 15) is 13.2 Å². The van der Waals surface area contributed by atoms with E-state index < -0.39 is 11.9 Å². The van der Waals surface area contributed by atoms with E-state index in [0.717, 1.165) is 38.4 Å². The van der Waals surface area contributed by atoms with Gasteiger partial charge in [0.05, 0.1) is 0 Å². The predicted octanol–water partition coefficient (Wildman–Crippen LogP) is 3.09. The summed E-state index contributed by atoms with van der Waals surface area (Å²) in [5.74, 6) is 0.439. The van der Waals surface area contributed by atoms with Gasteiger partial charge in [-0.2, -0.15) is 13.2 Å². The van der Waals surface area contributed by atoms with Gasteiger partial charge in [-0.1, -0.05) is 6.07 Å². The zero-order valence-corrected chi connectivity index (χ0v) is 8.80. The summed E-state index contributed by atoms with van der Waals surface area (Å²) in [7, 11) is 0. The summed E-state index contributed by atoms with van der Waals surface area (Å²) in [6.45, 7) is 1.60. The van der Waals surface area contributed by atoms with Crippen LogP contribution in [0, 0.1) is 0 Å². The summed E-state index contributed by atoms with van der Waals surface area (Å²) in [5, 5.41) is 0. The lowest BCUT2D eigenvalue weighted by molar-refractivity contribution is -0.141. The third kappa shape index (κ3) is 2.46. The number of nitrogens with zero attached hydrogens (tertiary/aromatic N) is 2. The Morgan fingerprint density at radius 1 is 1.06 bits per heavy atom. The molecule has 0 radical (unpaired) electrons. The van der Waals surface area contributed by atoms with E-state index in [1.54, 1.807) is 6.07 Å². The molecule has 1 aliphatic heterocycles. The molecule has 16 heavy (non-hydrogen) atoms. The predicted molar refractivity (Wildman–Crippen MR) is 55.3 cm³/mol. The monoisotopic (exact) mass is 230 g/mol. The molecule has 1 aromatic heterocycles. The summed E-state index contributed by atoms with van der Waals surface area (Å²) in [4.78, 5) is 5.58. The Morgan fingerprint density at radius 3 is 2.38 bits per heavy atom. The van der Waals surface area contributed by atoms with Crippen LogP contribution in [0.5, 0.6) is 0 Å². The Morgan fingerprint density at radius 2 is 1.75 bits per heavy atom. The molecule has 2 heterocycles. The SMILES string of the molecule is FC(F)(F)c1cccc(N2CCCCC2)n1. The molecule has 0 saturated carbocycles. The van der Waals surface area contributed by atoms with Crippen LogP contribution in [0.2, 0.25) is 0 Å². The minimum atomic E-state index is -4.36. The lowest BCUT2D eigenvalue weighted by Crippen LogP contribution is -2.30. The number of rotatable bonds is 1. The van der Waals surface area contributed by atoms with E-state index in [4.69, 9.17) is 0 Å². The second-order valence-electron chi connectivity index (χ2n) is 3.93. The molecule has 0 atom stereocenters. The lowest BCUT2D eigenvalue weighted by atomic mass is 10.1. The molecule has 2 rings (SSSR count). The fraction of sp³-hybridized carbons (Fsp3) is 0.545. The first-order valence-corrected chi connectivity index (χ1v) is 5.36. The van der Waals surface area contributed by atoms with Gasteiger partial charge in [0.25, 0.3) is 0 Å². The summed E-state index contributed by atoms with van der Waals surface area (Å²) >= 11 is 0. The van der Waals surface area contributed by atoms with Crippen LogP contribution >= 0.6 is 0 Å². The highest BCUT2D eigenvalue weighted by molar-refractivity contribution is 5.40. The quantitative estimate of drug-likeness (QED) is 0.737.